The second-order valence-corrected chi connectivity index (χ2v) is 22.2. The number of carbonyl (C=O) groups excluding carboxylic acids is 1. The fraction of sp³-hybridized carbons (Fsp3) is 0.857. The molecule has 2 rings (SSSR count). The number of hydrogen-bond acceptors (Lipinski definition) is 13. The van der Waals surface area contributed by atoms with Crippen LogP contribution in [0.2, 0.25) is 0 Å². The molecular weight excluding hydrogens is 979 g/mol. The first-order chi connectivity index (χ1) is 37.6. The predicted octanol–water partition coefficient (Wildman–Crippen LogP) is 11.2. The third kappa shape index (κ3) is 34.1. The second-order valence-electron chi connectivity index (χ2n) is 22.2. The van der Waals surface area contributed by atoms with E-state index in [1.54, 1.807) is 6.08 Å². The molecule has 77 heavy (non-hydrogen) atoms. The number of rotatable bonds is 50. The van der Waals surface area contributed by atoms with E-state index in [1.807, 2.05) is 6.08 Å². The molecule has 1 amide bonds. The molecule has 12 unspecified atom stereocenters. The van der Waals surface area contributed by atoms with Crippen LogP contribution in [-0.2, 0) is 23.7 Å². The highest BCUT2D eigenvalue weighted by molar-refractivity contribution is 5.76. The van der Waals surface area contributed by atoms with Crippen molar-refractivity contribution in [3.63, 3.8) is 0 Å². The third-order valence-corrected chi connectivity index (χ3v) is 15.2. The van der Waals surface area contributed by atoms with Crippen LogP contribution in [0.1, 0.15) is 251 Å². The van der Waals surface area contributed by atoms with Crippen molar-refractivity contribution in [1.29, 1.82) is 0 Å². The normalized spacial score (nSPS) is 25.0. The molecule has 14 nitrogen and oxygen atoms in total. The molecule has 0 aliphatic carbocycles. The fourth-order valence-corrected chi connectivity index (χ4v) is 10.1. The number of allylic oxidation sites excluding steroid dienone is 7. The van der Waals surface area contributed by atoms with Gasteiger partial charge in [-0.2, -0.15) is 0 Å². The number of nitrogens with one attached hydrogen (secondary N) is 1. The molecule has 0 aromatic heterocycles. The molecule has 14 heteroatoms. The first-order valence-electron chi connectivity index (χ1n) is 31.4. The Bertz CT molecular complexity index is 1480. The second kappa shape index (κ2) is 48.6. The van der Waals surface area contributed by atoms with Crippen LogP contribution in [0.15, 0.2) is 48.6 Å². The Labute approximate surface area is 467 Å². The summed E-state index contributed by atoms with van der Waals surface area (Å²) in [5, 5.41) is 86.9. The maximum absolute atomic E-state index is 13.2. The summed E-state index contributed by atoms with van der Waals surface area (Å²) in [6, 6.07) is -0.942. The van der Waals surface area contributed by atoms with Gasteiger partial charge in [0.05, 0.1) is 32.0 Å². The molecule has 2 aliphatic heterocycles. The van der Waals surface area contributed by atoms with Gasteiger partial charge in [0, 0.05) is 6.42 Å². The molecule has 2 aliphatic rings. The Balaban J connectivity index is 1.68. The molecular formula is C63H115NO13. The van der Waals surface area contributed by atoms with Crippen LogP contribution in [0.5, 0.6) is 0 Å². The lowest BCUT2D eigenvalue weighted by Crippen LogP contribution is -2.65. The molecule has 2 saturated heterocycles. The van der Waals surface area contributed by atoms with E-state index < -0.39 is 86.8 Å². The molecule has 12 atom stereocenters. The zero-order chi connectivity index (χ0) is 56.0. The van der Waals surface area contributed by atoms with E-state index in [-0.39, 0.29) is 18.9 Å². The van der Waals surface area contributed by atoms with Crippen molar-refractivity contribution in [2.75, 3.05) is 19.8 Å². The summed E-state index contributed by atoms with van der Waals surface area (Å²) in [7, 11) is 0. The molecule has 9 N–H and O–H groups in total. The average Bonchev–Trinajstić information content (AvgIpc) is 3.44. The highest BCUT2D eigenvalue weighted by Crippen LogP contribution is 2.30. The van der Waals surface area contributed by atoms with Gasteiger partial charge in [-0.15, -0.1) is 0 Å². The lowest BCUT2D eigenvalue weighted by Gasteiger charge is -2.46. The zero-order valence-corrected chi connectivity index (χ0v) is 48.5. The summed E-state index contributed by atoms with van der Waals surface area (Å²) in [6.07, 6.45) is 44.8. The number of ether oxygens (including phenoxy) is 4. The van der Waals surface area contributed by atoms with Crippen LogP contribution >= 0.6 is 0 Å². The smallest absolute Gasteiger partial charge is 0.220 e. The van der Waals surface area contributed by atoms with E-state index in [0.29, 0.717) is 12.8 Å². The minimum absolute atomic E-state index is 0.258. The summed E-state index contributed by atoms with van der Waals surface area (Å²) < 4.78 is 22.7. The Hall–Kier alpha value is -2.05. The molecule has 0 aromatic carbocycles. The van der Waals surface area contributed by atoms with Crippen LogP contribution in [0.4, 0.5) is 0 Å². The first kappa shape index (κ1) is 71.1. The van der Waals surface area contributed by atoms with Crippen LogP contribution in [0.25, 0.3) is 0 Å². The topological polar surface area (TPSA) is 228 Å². The number of carbonyl (C=O) groups is 1. The van der Waals surface area contributed by atoms with E-state index in [0.717, 1.165) is 64.2 Å². The monoisotopic (exact) mass is 1090 g/mol. The van der Waals surface area contributed by atoms with Gasteiger partial charge in [0.1, 0.15) is 48.8 Å². The summed E-state index contributed by atoms with van der Waals surface area (Å²) >= 11 is 0. The number of hydrogen-bond donors (Lipinski definition) is 9. The van der Waals surface area contributed by atoms with Gasteiger partial charge in [-0.05, 0) is 64.2 Å². The van der Waals surface area contributed by atoms with Gasteiger partial charge in [0.15, 0.2) is 12.6 Å². The molecule has 0 bridgehead atoms. The van der Waals surface area contributed by atoms with Gasteiger partial charge >= 0.3 is 0 Å². The highest BCUT2D eigenvalue weighted by Gasteiger charge is 2.51. The third-order valence-electron chi connectivity index (χ3n) is 15.2. The molecule has 0 saturated carbocycles. The van der Waals surface area contributed by atoms with Gasteiger partial charge in [-0.1, -0.05) is 229 Å². The van der Waals surface area contributed by atoms with E-state index in [1.165, 1.54) is 154 Å². The van der Waals surface area contributed by atoms with Gasteiger partial charge < -0.3 is 65.1 Å². The quantitative estimate of drug-likeness (QED) is 0.0204. The predicted molar refractivity (Wildman–Crippen MR) is 309 cm³/mol. The van der Waals surface area contributed by atoms with Crippen molar-refractivity contribution in [1.82, 2.24) is 5.32 Å². The summed E-state index contributed by atoms with van der Waals surface area (Å²) in [5.74, 6) is -0.265. The van der Waals surface area contributed by atoms with Crippen molar-refractivity contribution in [2.45, 2.75) is 325 Å². The van der Waals surface area contributed by atoms with Gasteiger partial charge in [0.2, 0.25) is 5.91 Å². The fourth-order valence-electron chi connectivity index (χ4n) is 10.1. The number of aliphatic hydroxyl groups is 8. The highest BCUT2D eigenvalue weighted by atomic mass is 16.7. The van der Waals surface area contributed by atoms with Crippen molar-refractivity contribution in [3.8, 4) is 0 Å². The van der Waals surface area contributed by atoms with Crippen molar-refractivity contribution < 1.29 is 64.6 Å². The molecule has 2 fully saturated rings. The molecule has 450 valence electrons. The SMILES string of the molecule is CCCC/C=C\CCCCCCCC(=O)NC(COC1OC(CO)C(OC2OC(CO)C(O)C(O)C2O)C(O)C1O)C(O)/C=C/CC/C=C/CC/C=C/CCCCCCCCCCCCCCCCCCCCCCCC. The van der Waals surface area contributed by atoms with Gasteiger partial charge in [-0.25, -0.2) is 0 Å². The van der Waals surface area contributed by atoms with Crippen molar-refractivity contribution in [2.24, 2.45) is 0 Å². The average molecular weight is 1090 g/mol. The van der Waals surface area contributed by atoms with Gasteiger partial charge in [0.25, 0.3) is 0 Å². The number of unbranched alkanes of at least 4 members (excludes halogenated alkanes) is 31. The standard InChI is InChI=1S/C63H115NO13/c1-3-5-7-9-11-13-15-16-17-18-19-20-21-22-23-24-25-26-27-28-29-30-31-32-33-34-35-37-38-40-42-44-46-52(67)51(64-55(68)47-45-43-41-39-36-14-12-10-8-6-4-2)50-74-62-60(73)58(71)61(54(49-66)76-62)77-63-59(72)57(70)56(69)53(48-65)75-63/h10,12,32-33,37-38,44,46,51-54,56-63,65-67,69-73H,3-9,11,13-31,34-36,39-43,45,47-50H2,1-2H3,(H,64,68)/b12-10-,33-32+,38-37+,46-44+. The van der Waals surface area contributed by atoms with Crippen LogP contribution in [0.3, 0.4) is 0 Å². The van der Waals surface area contributed by atoms with E-state index in [2.05, 4.69) is 55.6 Å². The number of aliphatic hydroxyl groups excluding tert-OH is 8. The Kier molecular flexibility index (Phi) is 44.9. The Morgan fingerprint density at radius 3 is 1.31 bits per heavy atom. The van der Waals surface area contributed by atoms with E-state index >= 15 is 0 Å². The minimum Gasteiger partial charge on any atom is -0.394 e. The minimum atomic E-state index is -1.79. The van der Waals surface area contributed by atoms with Crippen LogP contribution < -0.4 is 5.32 Å². The maximum Gasteiger partial charge on any atom is 0.220 e. The summed E-state index contributed by atoms with van der Waals surface area (Å²) in [6.45, 7) is 2.73. The lowest BCUT2D eigenvalue weighted by atomic mass is 9.97. The largest absolute Gasteiger partial charge is 0.394 e. The van der Waals surface area contributed by atoms with Gasteiger partial charge in [-0.3, -0.25) is 4.79 Å². The maximum atomic E-state index is 13.2. The first-order valence-corrected chi connectivity index (χ1v) is 31.4. The van der Waals surface area contributed by atoms with Crippen LogP contribution in [0, 0.1) is 0 Å². The van der Waals surface area contributed by atoms with Crippen molar-refractivity contribution >= 4 is 5.91 Å². The molecule has 2 heterocycles. The lowest BCUT2D eigenvalue weighted by molar-refractivity contribution is -0.359. The van der Waals surface area contributed by atoms with E-state index in [4.69, 9.17) is 18.9 Å². The van der Waals surface area contributed by atoms with Crippen LogP contribution in [-0.4, -0.2) is 140 Å². The summed E-state index contributed by atoms with van der Waals surface area (Å²) in [5.41, 5.74) is 0. The Morgan fingerprint density at radius 1 is 0.455 bits per heavy atom. The van der Waals surface area contributed by atoms with Crippen molar-refractivity contribution in [3.05, 3.63) is 48.6 Å². The molecule has 0 radical (unpaired) electrons. The zero-order valence-electron chi connectivity index (χ0n) is 48.5. The molecule has 0 spiro atoms. The summed E-state index contributed by atoms with van der Waals surface area (Å²) in [4.78, 5) is 13.2. The Morgan fingerprint density at radius 2 is 0.844 bits per heavy atom. The molecule has 0 aromatic rings. The van der Waals surface area contributed by atoms with E-state index in [9.17, 15) is 45.6 Å². The number of amides is 1.